The first-order chi connectivity index (χ1) is 21.1. The van der Waals surface area contributed by atoms with Crippen LogP contribution < -0.4 is 15.0 Å². The fraction of sp³-hybridized carbons (Fsp3) is 0.469. The maximum atomic E-state index is 13.2. The van der Waals surface area contributed by atoms with Crippen LogP contribution in [0.25, 0.3) is 21.5 Å². The number of anilines is 1. The number of carboxylic acid groups (broad SMARTS) is 1. The molecule has 2 aromatic heterocycles. The first-order valence-electron chi connectivity index (χ1n) is 15.2. The molecular weight excluding hydrogens is 593 g/mol. The molecule has 2 bridgehead atoms. The number of thiazole rings is 1. The molecule has 5 fully saturated rings. The lowest BCUT2D eigenvalue weighted by atomic mass is 9.69. The zero-order valence-corrected chi connectivity index (χ0v) is 24.8. The number of carboxylic acids is 1. The minimum atomic E-state index is -4.81. The van der Waals surface area contributed by atoms with Crippen LogP contribution in [0.5, 0.6) is 5.75 Å². The standard InChI is InChI=1S/C32H31F3N4O4S/c1-15-23-12-19(13-24(15)39(23)31-37-28-21(16-6-7-16)10-18(30(40)41)11-26(28)44-31)36-14-22-27(38-43-29(22)17-8-9-17)20-4-2-3-5-25(20)42-32(33,34)35/h2-5,10-11,15-17,19,23-24,36H,6-9,12-14H2,1H3,(H,40,41). The van der Waals surface area contributed by atoms with Gasteiger partial charge in [0.05, 0.1) is 15.8 Å². The average molecular weight is 625 g/mol. The summed E-state index contributed by atoms with van der Waals surface area (Å²) in [6, 6.07) is 10.4. The second-order valence-electron chi connectivity index (χ2n) is 12.6. The average Bonchev–Trinajstić information content (AvgIpc) is 3.93. The van der Waals surface area contributed by atoms with Gasteiger partial charge in [0.1, 0.15) is 17.2 Å². The first-order valence-corrected chi connectivity index (χ1v) is 16.0. The molecular formula is C32H31F3N4O4S. The largest absolute Gasteiger partial charge is 0.573 e. The van der Waals surface area contributed by atoms with Gasteiger partial charge < -0.3 is 24.6 Å². The van der Waals surface area contributed by atoms with Gasteiger partial charge in [0, 0.05) is 41.7 Å². The third kappa shape index (κ3) is 4.92. The second kappa shape index (κ2) is 10.2. The number of aromatic carboxylic acids is 1. The number of benzene rings is 2. The Kier molecular flexibility index (Phi) is 6.46. The Labute approximate surface area is 255 Å². The molecule has 9 rings (SSSR count). The molecule has 4 aromatic rings. The Morgan fingerprint density at radius 1 is 1.14 bits per heavy atom. The molecule has 2 atom stereocenters. The van der Waals surface area contributed by atoms with Crippen molar-refractivity contribution in [3.63, 3.8) is 0 Å². The van der Waals surface area contributed by atoms with E-state index in [-0.39, 0.29) is 23.3 Å². The SMILES string of the molecule is CC1C2CC(NCc3c(-c4ccccc4OC(F)(F)F)noc3C3CC3)CC1N2c1nc2c(C3CC3)cc(C(=O)O)cc2s1. The Morgan fingerprint density at radius 3 is 2.55 bits per heavy atom. The minimum absolute atomic E-state index is 0.212. The van der Waals surface area contributed by atoms with Gasteiger partial charge in [0.25, 0.3) is 0 Å². The second-order valence-corrected chi connectivity index (χ2v) is 13.6. The number of nitrogens with zero attached hydrogens (tertiary/aromatic N) is 3. The fourth-order valence-electron chi connectivity index (χ4n) is 7.17. The highest BCUT2D eigenvalue weighted by Gasteiger charge is 2.52. The van der Waals surface area contributed by atoms with Crippen molar-refractivity contribution in [3.8, 4) is 17.0 Å². The number of fused-ring (bicyclic) bond motifs is 3. The van der Waals surface area contributed by atoms with Crippen LogP contribution in [0, 0.1) is 5.92 Å². The van der Waals surface area contributed by atoms with E-state index in [2.05, 4.69) is 27.0 Å². The summed E-state index contributed by atoms with van der Waals surface area (Å²) in [7, 11) is 0. The number of rotatable bonds is 9. The molecule has 2 aromatic carbocycles. The molecule has 230 valence electrons. The topological polar surface area (TPSA) is 101 Å². The Bertz CT molecular complexity index is 1750. The zero-order valence-electron chi connectivity index (χ0n) is 23.9. The predicted octanol–water partition coefficient (Wildman–Crippen LogP) is 7.45. The monoisotopic (exact) mass is 624 g/mol. The molecule has 0 radical (unpaired) electrons. The first kappa shape index (κ1) is 27.9. The lowest BCUT2D eigenvalue weighted by molar-refractivity contribution is -0.274. The van der Waals surface area contributed by atoms with E-state index in [0.29, 0.717) is 41.7 Å². The van der Waals surface area contributed by atoms with Gasteiger partial charge in [-0.15, -0.1) is 13.2 Å². The fourth-order valence-corrected chi connectivity index (χ4v) is 8.33. The summed E-state index contributed by atoms with van der Waals surface area (Å²) in [6.07, 6.45) is 1.07. The van der Waals surface area contributed by atoms with Crippen LogP contribution in [0.15, 0.2) is 40.9 Å². The van der Waals surface area contributed by atoms with Crippen LogP contribution in [0.3, 0.4) is 0 Å². The van der Waals surface area contributed by atoms with Gasteiger partial charge >= 0.3 is 12.3 Å². The molecule has 12 heteroatoms. The van der Waals surface area contributed by atoms with Crippen molar-refractivity contribution in [1.82, 2.24) is 15.5 Å². The third-order valence-electron chi connectivity index (χ3n) is 9.68. The molecule has 3 saturated carbocycles. The number of hydrogen-bond donors (Lipinski definition) is 2. The quantitative estimate of drug-likeness (QED) is 0.198. The summed E-state index contributed by atoms with van der Waals surface area (Å²) in [6.45, 7) is 2.71. The van der Waals surface area contributed by atoms with Gasteiger partial charge in [-0.2, -0.15) is 0 Å². The summed E-state index contributed by atoms with van der Waals surface area (Å²) in [4.78, 5) is 19.2. The normalized spacial score (nSPS) is 24.9. The number of alkyl halides is 3. The van der Waals surface area contributed by atoms with E-state index in [1.54, 1.807) is 35.6 Å². The minimum Gasteiger partial charge on any atom is -0.478 e. The van der Waals surface area contributed by atoms with Gasteiger partial charge in [-0.1, -0.05) is 35.5 Å². The number of piperidine rings is 1. The number of halogens is 3. The van der Waals surface area contributed by atoms with E-state index in [9.17, 15) is 23.1 Å². The van der Waals surface area contributed by atoms with Gasteiger partial charge in [0.15, 0.2) is 5.13 Å². The number of ether oxygens (including phenoxy) is 1. The Hall–Kier alpha value is -3.64. The van der Waals surface area contributed by atoms with Crippen LogP contribution in [0.1, 0.15) is 84.5 Å². The van der Waals surface area contributed by atoms with Crippen molar-refractivity contribution in [3.05, 3.63) is 58.8 Å². The zero-order chi connectivity index (χ0) is 30.3. The lowest BCUT2D eigenvalue weighted by Gasteiger charge is -2.60. The number of carbonyl (C=O) groups is 1. The van der Waals surface area contributed by atoms with Crippen LogP contribution in [0.4, 0.5) is 18.3 Å². The molecule has 3 aliphatic carbocycles. The highest BCUT2D eigenvalue weighted by atomic mass is 32.1. The molecule has 2 N–H and O–H groups in total. The predicted molar refractivity (Wildman–Crippen MR) is 158 cm³/mol. The summed E-state index contributed by atoms with van der Waals surface area (Å²) >= 11 is 1.58. The summed E-state index contributed by atoms with van der Waals surface area (Å²) < 4.78 is 50.5. The van der Waals surface area contributed by atoms with Gasteiger partial charge in [-0.3, -0.25) is 0 Å². The highest BCUT2D eigenvalue weighted by molar-refractivity contribution is 7.22. The van der Waals surface area contributed by atoms with Crippen LogP contribution in [-0.4, -0.2) is 45.7 Å². The molecule has 0 spiro atoms. The number of para-hydroxylation sites is 1. The molecule has 2 aliphatic heterocycles. The smallest absolute Gasteiger partial charge is 0.478 e. The molecule has 2 unspecified atom stereocenters. The van der Waals surface area contributed by atoms with Crippen LogP contribution >= 0.6 is 11.3 Å². The Balaban J connectivity index is 1.02. The van der Waals surface area contributed by atoms with E-state index < -0.39 is 12.3 Å². The van der Waals surface area contributed by atoms with Gasteiger partial charge in [0.2, 0.25) is 0 Å². The lowest BCUT2D eigenvalue weighted by Crippen LogP contribution is -2.70. The van der Waals surface area contributed by atoms with E-state index in [4.69, 9.17) is 9.51 Å². The summed E-state index contributed by atoms with van der Waals surface area (Å²) in [5.74, 6) is 0.662. The number of nitrogens with one attached hydrogen (secondary N) is 1. The molecule has 2 saturated heterocycles. The van der Waals surface area contributed by atoms with E-state index in [1.165, 1.54) is 12.1 Å². The van der Waals surface area contributed by atoms with E-state index >= 15 is 0 Å². The molecule has 4 heterocycles. The van der Waals surface area contributed by atoms with Crippen LogP contribution in [-0.2, 0) is 6.54 Å². The number of hydrogen-bond acceptors (Lipinski definition) is 8. The van der Waals surface area contributed by atoms with Crippen molar-refractivity contribution in [2.75, 3.05) is 4.90 Å². The van der Waals surface area contributed by atoms with Gasteiger partial charge in [-0.25, -0.2) is 9.78 Å². The van der Waals surface area contributed by atoms with Crippen molar-refractivity contribution in [1.29, 1.82) is 0 Å². The molecule has 8 nitrogen and oxygen atoms in total. The maximum Gasteiger partial charge on any atom is 0.573 e. The maximum absolute atomic E-state index is 13.2. The molecule has 0 amide bonds. The highest BCUT2D eigenvalue weighted by Crippen LogP contribution is 2.51. The van der Waals surface area contributed by atoms with Crippen molar-refractivity contribution in [2.45, 2.75) is 88.3 Å². The van der Waals surface area contributed by atoms with Crippen molar-refractivity contribution < 1.29 is 32.3 Å². The van der Waals surface area contributed by atoms with Crippen LogP contribution in [0.2, 0.25) is 0 Å². The summed E-state index contributed by atoms with van der Waals surface area (Å²) in [5.41, 5.74) is 3.75. The van der Waals surface area contributed by atoms with E-state index in [0.717, 1.165) is 70.8 Å². The van der Waals surface area contributed by atoms with Crippen molar-refractivity contribution >= 4 is 32.7 Å². The number of aromatic nitrogens is 2. The van der Waals surface area contributed by atoms with Gasteiger partial charge in [-0.05, 0) is 80.2 Å². The Morgan fingerprint density at radius 2 is 1.86 bits per heavy atom. The summed E-state index contributed by atoms with van der Waals surface area (Å²) in [5, 5.41) is 18.5. The molecule has 44 heavy (non-hydrogen) atoms. The molecule has 5 aliphatic rings. The van der Waals surface area contributed by atoms with E-state index in [1.807, 2.05) is 0 Å². The van der Waals surface area contributed by atoms with Crippen molar-refractivity contribution in [2.24, 2.45) is 5.92 Å². The third-order valence-corrected chi connectivity index (χ3v) is 10.7.